The summed E-state index contributed by atoms with van der Waals surface area (Å²) in [6.07, 6.45) is 1.24. The Balaban J connectivity index is 3.45. The fourth-order valence-corrected chi connectivity index (χ4v) is 0.469. The number of rotatable bonds is 4. The number of hydroxylamine groups is 1. The molecule has 5 nitrogen and oxygen atoms in total. The number of nitrogens with one attached hydrogen (secondary N) is 2. The van der Waals surface area contributed by atoms with E-state index >= 15 is 0 Å². The first-order valence-corrected chi connectivity index (χ1v) is 3.04. The van der Waals surface area contributed by atoms with E-state index in [4.69, 9.17) is 5.21 Å². The third-order valence-corrected chi connectivity index (χ3v) is 0.967. The summed E-state index contributed by atoms with van der Waals surface area (Å²) in [6, 6.07) is 0. The van der Waals surface area contributed by atoms with E-state index in [1.165, 1.54) is 11.7 Å². The first-order chi connectivity index (χ1) is 5.20. The van der Waals surface area contributed by atoms with Gasteiger partial charge in [0.25, 0.3) is 0 Å². The van der Waals surface area contributed by atoms with Gasteiger partial charge in [-0.15, -0.1) is 0 Å². The SMILES string of the molecule is C=CNC(=O)CCC(=O)NO. The van der Waals surface area contributed by atoms with E-state index in [-0.39, 0.29) is 18.7 Å². The zero-order valence-electron chi connectivity index (χ0n) is 5.96. The molecule has 0 unspecified atom stereocenters. The Hall–Kier alpha value is -1.36. The smallest absolute Gasteiger partial charge is 0.243 e. The lowest BCUT2D eigenvalue weighted by molar-refractivity contribution is -0.131. The maximum absolute atomic E-state index is 10.6. The Morgan fingerprint density at radius 1 is 1.36 bits per heavy atom. The van der Waals surface area contributed by atoms with Crippen LogP contribution in [0.2, 0.25) is 0 Å². The van der Waals surface area contributed by atoms with Gasteiger partial charge in [0.2, 0.25) is 11.8 Å². The minimum absolute atomic E-state index is 0.0316. The summed E-state index contributed by atoms with van der Waals surface area (Å²) in [5, 5.41) is 10.3. The summed E-state index contributed by atoms with van der Waals surface area (Å²) in [5.41, 5.74) is 1.42. The molecule has 0 rings (SSSR count). The van der Waals surface area contributed by atoms with Gasteiger partial charge in [-0.05, 0) is 6.20 Å². The molecule has 0 aromatic carbocycles. The van der Waals surface area contributed by atoms with Crippen LogP contribution in [-0.4, -0.2) is 17.0 Å². The molecular weight excluding hydrogens is 148 g/mol. The Kier molecular flexibility index (Phi) is 4.76. The Morgan fingerprint density at radius 2 is 1.91 bits per heavy atom. The molecule has 3 N–H and O–H groups in total. The van der Waals surface area contributed by atoms with Crippen molar-refractivity contribution in [3.8, 4) is 0 Å². The second-order valence-corrected chi connectivity index (χ2v) is 1.81. The molecule has 0 bridgehead atoms. The summed E-state index contributed by atoms with van der Waals surface area (Å²) in [6.45, 7) is 3.27. The van der Waals surface area contributed by atoms with Crippen LogP contribution in [0.3, 0.4) is 0 Å². The molecule has 0 spiro atoms. The first-order valence-electron chi connectivity index (χ1n) is 3.04. The fourth-order valence-electron chi connectivity index (χ4n) is 0.469. The summed E-state index contributed by atoms with van der Waals surface area (Å²) in [5.74, 6) is -0.882. The quantitative estimate of drug-likeness (QED) is 0.382. The maximum atomic E-state index is 10.6. The van der Waals surface area contributed by atoms with E-state index in [1.54, 1.807) is 0 Å². The Morgan fingerprint density at radius 3 is 2.36 bits per heavy atom. The van der Waals surface area contributed by atoms with Gasteiger partial charge in [-0.2, -0.15) is 0 Å². The van der Waals surface area contributed by atoms with E-state index in [0.717, 1.165) is 0 Å². The van der Waals surface area contributed by atoms with Crippen molar-refractivity contribution >= 4 is 11.8 Å². The highest BCUT2D eigenvalue weighted by Gasteiger charge is 2.03. The minimum atomic E-state index is -0.579. The monoisotopic (exact) mass is 158 g/mol. The largest absolute Gasteiger partial charge is 0.333 e. The van der Waals surface area contributed by atoms with Gasteiger partial charge in [0.1, 0.15) is 0 Å². The van der Waals surface area contributed by atoms with Gasteiger partial charge in [0, 0.05) is 12.8 Å². The van der Waals surface area contributed by atoms with Crippen LogP contribution in [0.25, 0.3) is 0 Å². The topological polar surface area (TPSA) is 78.4 Å². The number of amides is 2. The van der Waals surface area contributed by atoms with Gasteiger partial charge < -0.3 is 5.32 Å². The normalized spacial score (nSPS) is 8.45. The van der Waals surface area contributed by atoms with Gasteiger partial charge >= 0.3 is 0 Å². The van der Waals surface area contributed by atoms with Crippen LogP contribution < -0.4 is 10.8 Å². The van der Waals surface area contributed by atoms with Gasteiger partial charge in [-0.1, -0.05) is 6.58 Å². The Labute approximate surface area is 64.0 Å². The van der Waals surface area contributed by atoms with Gasteiger partial charge in [0.15, 0.2) is 0 Å². The molecule has 0 atom stereocenters. The van der Waals surface area contributed by atoms with Crippen LogP contribution >= 0.6 is 0 Å². The molecule has 5 heteroatoms. The molecule has 0 aromatic rings. The maximum Gasteiger partial charge on any atom is 0.243 e. The average Bonchev–Trinajstić information content (AvgIpc) is 2.01. The molecule has 0 radical (unpaired) electrons. The van der Waals surface area contributed by atoms with Crippen molar-refractivity contribution in [2.24, 2.45) is 0 Å². The van der Waals surface area contributed by atoms with Crippen molar-refractivity contribution in [2.75, 3.05) is 0 Å². The van der Waals surface area contributed by atoms with E-state index in [0.29, 0.717) is 0 Å². The molecule has 0 saturated heterocycles. The van der Waals surface area contributed by atoms with Crippen LogP contribution in [0.5, 0.6) is 0 Å². The van der Waals surface area contributed by atoms with E-state index in [2.05, 4.69) is 11.9 Å². The highest BCUT2D eigenvalue weighted by molar-refractivity contribution is 5.83. The Bertz CT molecular complexity index is 167. The van der Waals surface area contributed by atoms with Crippen molar-refractivity contribution in [1.29, 1.82) is 0 Å². The molecule has 0 fully saturated rings. The van der Waals surface area contributed by atoms with E-state index in [1.807, 2.05) is 0 Å². The highest BCUT2D eigenvalue weighted by Crippen LogP contribution is 1.87. The summed E-state index contributed by atoms with van der Waals surface area (Å²) in [7, 11) is 0. The van der Waals surface area contributed by atoms with Crippen molar-refractivity contribution in [3.05, 3.63) is 12.8 Å². The van der Waals surface area contributed by atoms with Crippen LogP contribution in [0.1, 0.15) is 12.8 Å². The molecule has 2 amide bonds. The molecule has 0 aliphatic carbocycles. The molecule has 0 aliphatic rings. The van der Waals surface area contributed by atoms with Crippen LogP contribution in [0, 0.1) is 0 Å². The predicted molar refractivity (Wildman–Crippen MR) is 37.5 cm³/mol. The van der Waals surface area contributed by atoms with Gasteiger partial charge in [-0.25, -0.2) is 5.48 Å². The lowest BCUT2D eigenvalue weighted by atomic mass is 10.3. The zero-order valence-corrected chi connectivity index (χ0v) is 5.96. The lowest BCUT2D eigenvalue weighted by Crippen LogP contribution is -2.22. The summed E-state index contributed by atoms with van der Waals surface area (Å²) >= 11 is 0. The summed E-state index contributed by atoms with van der Waals surface area (Å²) in [4.78, 5) is 21.0. The fraction of sp³-hybridized carbons (Fsp3) is 0.333. The number of carbonyl (C=O) groups is 2. The van der Waals surface area contributed by atoms with Crippen molar-refractivity contribution in [3.63, 3.8) is 0 Å². The van der Waals surface area contributed by atoms with Crippen LogP contribution in [0.4, 0.5) is 0 Å². The second-order valence-electron chi connectivity index (χ2n) is 1.81. The van der Waals surface area contributed by atoms with Crippen molar-refractivity contribution < 1.29 is 14.8 Å². The molecule has 0 aromatic heterocycles. The number of hydrogen-bond acceptors (Lipinski definition) is 3. The highest BCUT2D eigenvalue weighted by atomic mass is 16.5. The number of carbonyl (C=O) groups excluding carboxylic acids is 2. The molecule has 0 saturated carbocycles. The second kappa shape index (κ2) is 5.43. The van der Waals surface area contributed by atoms with Crippen LogP contribution in [-0.2, 0) is 9.59 Å². The van der Waals surface area contributed by atoms with Crippen molar-refractivity contribution in [2.45, 2.75) is 12.8 Å². The number of hydrogen-bond donors (Lipinski definition) is 3. The van der Waals surface area contributed by atoms with Crippen LogP contribution in [0.15, 0.2) is 12.8 Å². The minimum Gasteiger partial charge on any atom is -0.333 e. The van der Waals surface area contributed by atoms with Gasteiger partial charge in [-0.3, -0.25) is 14.8 Å². The molecule has 62 valence electrons. The third kappa shape index (κ3) is 5.10. The predicted octanol–water partition coefficient (Wildman–Crippen LogP) is -0.468. The average molecular weight is 158 g/mol. The molecule has 0 aliphatic heterocycles. The van der Waals surface area contributed by atoms with E-state index in [9.17, 15) is 9.59 Å². The lowest BCUT2D eigenvalue weighted by Gasteiger charge is -1.97. The van der Waals surface area contributed by atoms with E-state index < -0.39 is 5.91 Å². The molecule has 0 heterocycles. The first kappa shape index (κ1) is 9.64. The summed E-state index contributed by atoms with van der Waals surface area (Å²) < 4.78 is 0. The standard InChI is InChI=1S/C6H10N2O3/c1-2-7-5(9)3-4-6(10)8-11/h2,11H,1,3-4H2,(H,7,9)(H,8,10). The zero-order chi connectivity index (χ0) is 8.69. The van der Waals surface area contributed by atoms with Gasteiger partial charge in [0.05, 0.1) is 0 Å². The van der Waals surface area contributed by atoms with Crippen molar-refractivity contribution in [1.82, 2.24) is 10.8 Å². The molecule has 11 heavy (non-hydrogen) atoms. The third-order valence-electron chi connectivity index (χ3n) is 0.967. The molecular formula is C6H10N2O3.